The standard InChI is InChI=1S/C19H21N3O4S/c1-13-19(14(2)26-21-13)27(23,24)22-11-8-16(9-12-22)25-17-7-3-5-15-6-4-10-20-18(15)17/h3-7,10,16H,8-9,11-12H2,1-2H3. The minimum absolute atomic E-state index is 0.0475. The van der Waals surface area contributed by atoms with E-state index in [4.69, 9.17) is 9.26 Å². The molecule has 0 saturated carbocycles. The zero-order valence-electron chi connectivity index (χ0n) is 15.3. The van der Waals surface area contributed by atoms with Gasteiger partial charge in [-0.3, -0.25) is 4.98 Å². The Balaban J connectivity index is 1.48. The van der Waals surface area contributed by atoms with Crippen molar-refractivity contribution in [1.82, 2.24) is 14.4 Å². The second-order valence-corrected chi connectivity index (χ2v) is 8.58. The molecule has 3 aromatic rings. The third-order valence-corrected chi connectivity index (χ3v) is 7.00. The number of aromatic nitrogens is 2. The second kappa shape index (κ2) is 6.94. The van der Waals surface area contributed by atoms with Gasteiger partial charge < -0.3 is 9.26 Å². The Bertz CT molecular complexity index is 1040. The van der Waals surface area contributed by atoms with Gasteiger partial charge in [-0.05, 0) is 38.8 Å². The number of hydrogen-bond donors (Lipinski definition) is 0. The molecule has 0 bridgehead atoms. The predicted molar refractivity (Wildman–Crippen MR) is 100 cm³/mol. The SMILES string of the molecule is Cc1noc(C)c1S(=O)(=O)N1CCC(Oc2cccc3cccnc23)CC1. The summed E-state index contributed by atoms with van der Waals surface area (Å²) in [6.07, 6.45) is 2.93. The second-order valence-electron chi connectivity index (χ2n) is 6.71. The van der Waals surface area contributed by atoms with E-state index in [1.165, 1.54) is 4.31 Å². The summed E-state index contributed by atoms with van der Waals surface area (Å²) >= 11 is 0. The van der Waals surface area contributed by atoms with Gasteiger partial charge in [0, 0.05) is 24.7 Å². The van der Waals surface area contributed by atoms with E-state index in [2.05, 4.69) is 10.1 Å². The first-order chi connectivity index (χ1) is 13.0. The number of piperidine rings is 1. The molecular formula is C19H21N3O4S. The molecule has 27 heavy (non-hydrogen) atoms. The van der Waals surface area contributed by atoms with E-state index in [1.807, 2.05) is 30.3 Å². The largest absolute Gasteiger partial charge is 0.488 e. The molecule has 0 amide bonds. The van der Waals surface area contributed by atoms with Crippen LogP contribution in [0.15, 0.2) is 45.9 Å². The highest BCUT2D eigenvalue weighted by atomic mass is 32.2. The smallest absolute Gasteiger partial charge is 0.248 e. The normalized spacial score (nSPS) is 16.7. The van der Waals surface area contributed by atoms with Crippen LogP contribution in [0, 0.1) is 13.8 Å². The molecule has 1 aliphatic rings. The number of rotatable bonds is 4. The lowest BCUT2D eigenvalue weighted by molar-refractivity contribution is 0.136. The number of hydrogen-bond acceptors (Lipinski definition) is 6. The minimum atomic E-state index is -3.60. The van der Waals surface area contributed by atoms with Crippen LogP contribution in [0.4, 0.5) is 0 Å². The topological polar surface area (TPSA) is 85.5 Å². The van der Waals surface area contributed by atoms with Crippen molar-refractivity contribution in [3.63, 3.8) is 0 Å². The predicted octanol–water partition coefficient (Wildman–Crippen LogP) is 3.07. The zero-order chi connectivity index (χ0) is 19.0. The molecule has 0 unspecified atom stereocenters. The highest BCUT2D eigenvalue weighted by Crippen LogP contribution is 2.29. The molecule has 142 valence electrons. The molecule has 0 spiro atoms. The molecule has 0 aliphatic carbocycles. The fraction of sp³-hybridized carbons (Fsp3) is 0.368. The Morgan fingerprint density at radius 1 is 1.15 bits per heavy atom. The molecule has 4 rings (SSSR count). The van der Waals surface area contributed by atoms with Crippen molar-refractivity contribution in [3.05, 3.63) is 48.0 Å². The molecule has 7 nitrogen and oxygen atoms in total. The van der Waals surface area contributed by atoms with Gasteiger partial charge in [0.2, 0.25) is 10.0 Å². The first-order valence-corrected chi connectivity index (χ1v) is 10.3. The van der Waals surface area contributed by atoms with Gasteiger partial charge in [0.25, 0.3) is 0 Å². The molecule has 3 heterocycles. The lowest BCUT2D eigenvalue weighted by Crippen LogP contribution is -2.42. The van der Waals surface area contributed by atoms with E-state index in [0.717, 1.165) is 16.7 Å². The Hall–Kier alpha value is -2.45. The first kappa shape index (κ1) is 17.9. The molecule has 1 fully saturated rings. The van der Waals surface area contributed by atoms with E-state index in [0.29, 0.717) is 37.4 Å². The quantitative estimate of drug-likeness (QED) is 0.684. The first-order valence-electron chi connectivity index (χ1n) is 8.90. The number of sulfonamides is 1. The van der Waals surface area contributed by atoms with E-state index in [1.54, 1.807) is 20.0 Å². The molecule has 1 aromatic carbocycles. The van der Waals surface area contributed by atoms with Crippen molar-refractivity contribution in [2.75, 3.05) is 13.1 Å². The van der Waals surface area contributed by atoms with Crippen LogP contribution in [-0.2, 0) is 10.0 Å². The van der Waals surface area contributed by atoms with Gasteiger partial charge in [-0.1, -0.05) is 23.4 Å². The third kappa shape index (κ3) is 3.30. The van der Waals surface area contributed by atoms with Gasteiger partial charge in [-0.25, -0.2) is 8.42 Å². The van der Waals surface area contributed by atoms with Crippen LogP contribution in [0.1, 0.15) is 24.3 Å². The Morgan fingerprint density at radius 3 is 2.59 bits per heavy atom. The summed E-state index contributed by atoms with van der Waals surface area (Å²) in [5.41, 5.74) is 1.22. The summed E-state index contributed by atoms with van der Waals surface area (Å²) in [4.78, 5) is 4.59. The summed E-state index contributed by atoms with van der Waals surface area (Å²) < 4.78 is 38.5. The highest BCUT2D eigenvalue weighted by molar-refractivity contribution is 7.89. The molecular weight excluding hydrogens is 366 g/mol. The number of ether oxygens (including phenoxy) is 1. The number of pyridine rings is 1. The fourth-order valence-electron chi connectivity index (χ4n) is 3.51. The van der Waals surface area contributed by atoms with Crippen molar-refractivity contribution in [1.29, 1.82) is 0 Å². The monoisotopic (exact) mass is 387 g/mol. The van der Waals surface area contributed by atoms with Gasteiger partial charge >= 0.3 is 0 Å². The summed E-state index contributed by atoms with van der Waals surface area (Å²) in [6.45, 7) is 4.06. The van der Waals surface area contributed by atoms with Crippen molar-refractivity contribution in [2.24, 2.45) is 0 Å². The van der Waals surface area contributed by atoms with Crippen molar-refractivity contribution < 1.29 is 17.7 Å². The van der Waals surface area contributed by atoms with Crippen molar-refractivity contribution in [3.8, 4) is 5.75 Å². The van der Waals surface area contributed by atoms with Crippen LogP contribution in [-0.4, -0.2) is 42.1 Å². The summed E-state index contributed by atoms with van der Waals surface area (Å²) in [6, 6.07) is 9.73. The molecule has 0 atom stereocenters. The van der Waals surface area contributed by atoms with Gasteiger partial charge in [-0.15, -0.1) is 0 Å². The fourth-order valence-corrected chi connectivity index (χ4v) is 5.27. The van der Waals surface area contributed by atoms with Crippen LogP contribution < -0.4 is 4.74 Å². The lowest BCUT2D eigenvalue weighted by atomic mass is 10.1. The average molecular weight is 387 g/mol. The molecule has 1 aliphatic heterocycles. The van der Waals surface area contributed by atoms with Gasteiger partial charge in [0.15, 0.2) is 5.76 Å². The molecule has 0 N–H and O–H groups in total. The Morgan fingerprint density at radius 2 is 1.89 bits per heavy atom. The number of nitrogens with zero attached hydrogens (tertiary/aromatic N) is 3. The maximum absolute atomic E-state index is 12.9. The lowest BCUT2D eigenvalue weighted by Gasteiger charge is -2.31. The summed E-state index contributed by atoms with van der Waals surface area (Å²) in [7, 11) is -3.60. The minimum Gasteiger partial charge on any atom is -0.488 e. The molecule has 1 saturated heterocycles. The van der Waals surface area contributed by atoms with Gasteiger partial charge in [-0.2, -0.15) is 4.31 Å². The van der Waals surface area contributed by atoms with E-state index < -0.39 is 10.0 Å². The van der Waals surface area contributed by atoms with Crippen molar-refractivity contribution >= 4 is 20.9 Å². The zero-order valence-corrected chi connectivity index (χ0v) is 16.1. The number of aryl methyl sites for hydroxylation is 2. The number of para-hydroxylation sites is 1. The highest BCUT2D eigenvalue weighted by Gasteiger charge is 2.34. The number of benzene rings is 1. The van der Waals surface area contributed by atoms with Crippen LogP contribution in [0.25, 0.3) is 10.9 Å². The average Bonchev–Trinajstić information content (AvgIpc) is 3.01. The molecule has 8 heteroatoms. The Labute approximate surface area is 158 Å². The maximum Gasteiger partial charge on any atom is 0.248 e. The van der Waals surface area contributed by atoms with Crippen molar-refractivity contribution in [2.45, 2.75) is 37.7 Å². The van der Waals surface area contributed by atoms with Crippen LogP contribution in [0.5, 0.6) is 5.75 Å². The number of fused-ring (bicyclic) bond motifs is 1. The summed E-state index contributed by atoms with van der Waals surface area (Å²) in [5.74, 6) is 1.06. The van der Waals surface area contributed by atoms with Crippen LogP contribution >= 0.6 is 0 Å². The Kier molecular flexibility index (Phi) is 4.61. The molecule has 0 radical (unpaired) electrons. The van der Waals surface area contributed by atoms with Crippen LogP contribution in [0.3, 0.4) is 0 Å². The third-order valence-electron chi connectivity index (χ3n) is 4.86. The van der Waals surface area contributed by atoms with Crippen LogP contribution in [0.2, 0.25) is 0 Å². The molecule has 2 aromatic heterocycles. The maximum atomic E-state index is 12.9. The summed E-state index contributed by atoms with van der Waals surface area (Å²) in [5, 5.41) is 4.79. The van der Waals surface area contributed by atoms with Gasteiger partial charge in [0.1, 0.15) is 28.0 Å². The van der Waals surface area contributed by atoms with Gasteiger partial charge in [0.05, 0.1) is 0 Å². The van der Waals surface area contributed by atoms with E-state index in [9.17, 15) is 8.42 Å². The van der Waals surface area contributed by atoms with E-state index >= 15 is 0 Å². The van der Waals surface area contributed by atoms with E-state index in [-0.39, 0.29) is 11.0 Å².